The molecular weight excluding hydrogens is 364 g/mol. The number of urea groups is 1. The van der Waals surface area contributed by atoms with Crippen molar-refractivity contribution < 1.29 is 9.53 Å². The summed E-state index contributed by atoms with van der Waals surface area (Å²) in [7, 11) is 0. The van der Waals surface area contributed by atoms with E-state index >= 15 is 0 Å². The van der Waals surface area contributed by atoms with Gasteiger partial charge in [0.2, 0.25) is 0 Å². The molecule has 2 N–H and O–H groups in total. The van der Waals surface area contributed by atoms with Crippen molar-refractivity contribution in [1.29, 1.82) is 0 Å². The summed E-state index contributed by atoms with van der Waals surface area (Å²) in [4.78, 5) is 12.1. The number of aromatic nitrogens is 2. The first-order valence-electron chi connectivity index (χ1n) is 9.51. The van der Waals surface area contributed by atoms with Crippen LogP contribution < -0.4 is 15.4 Å². The van der Waals surface area contributed by atoms with E-state index < -0.39 is 0 Å². The van der Waals surface area contributed by atoms with Crippen molar-refractivity contribution in [2.75, 3.05) is 13.2 Å². The third-order valence-electron chi connectivity index (χ3n) is 4.53. The molecule has 29 heavy (non-hydrogen) atoms. The summed E-state index contributed by atoms with van der Waals surface area (Å²) < 4.78 is 7.62. The molecule has 0 bridgehead atoms. The van der Waals surface area contributed by atoms with Crippen LogP contribution in [0.25, 0.3) is 16.5 Å². The zero-order valence-electron chi connectivity index (χ0n) is 15.9. The molecule has 146 valence electrons. The highest BCUT2D eigenvalue weighted by Crippen LogP contribution is 2.24. The minimum atomic E-state index is -0.226. The number of carbonyl (C=O) groups is 1. The van der Waals surface area contributed by atoms with Gasteiger partial charge in [0.1, 0.15) is 12.4 Å². The lowest BCUT2D eigenvalue weighted by molar-refractivity contribution is 0.236. The topological polar surface area (TPSA) is 68.2 Å². The number of amides is 2. The van der Waals surface area contributed by atoms with Crippen LogP contribution in [0.15, 0.2) is 85.2 Å². The predicted octanol–water partition coefficient (Wildman–Crippen LogP) is 3.90. The van der Waals surface area contributed by atoms with E-state index in [1.54, 1.807) is 10.9 Å². The lowest BCUT2D eigenvalue weighted by Gasteiger charge is -2.11. The van der Waals surface area contributed by atoms with Crippen molar-refractivity contribution >= 4 is 16.8 Å². The average Bonchev–Trinajstić information content (AvgIpc) is 3.31. The zero-order chi connectivity index (χ0) is 19.9. The minimum Gasteiger partial charge on any atom is -0.491 e. The van der Waals surface area contributed by atoms with Crippen LogP contribution in [-0.4, -0.2) is 29.0 Å². The number of nitrogens with one attached hydrogen (secondary N) is 2. The van der Waals surface area contributed by atoms with Gasteiger partial charge in [0, 0.05) is 24.3 Å². The first-order valence-corrected chi connectivity index (χ1v) is 9.51. The van der Waals surface area contributed by atoms with Gasteiger partial charge >= 0.3 is 6.03 Å². The molecule has 2 amide bonds. The van der Waals surface area contributed by atoms with Gasteiger partial charge in [0.05, 0.1) is 12.2 Å². The normalized spacial score (nSPS) is 10.6. The molecule has 0 atom stereocenters. The van der Waals surface area contributed by atoms with Gasteiger partial charge in [-0.3, -0.25) is 0 Å². The highest BCUT2D eigenvalue weighted by molar-refractivity contribution is 5.88. The van der Waals surface area contributed by atoms with E-state index in [1.165, 1.54) is 0 Å². The molecule has 1 aromatic heterocycles. The van der Waals surface area contributed by atoms with Gasteiger partial charge in [-0.05, 0) is 35.2 Å². The summed E-state index contributed by atoms with van der Waals surface area (Å²) in [5, 5.41) is 12.1. The van der Waals surface area contributed by atoms with E-state index in [-0.39, 0.29) is 6.03 Å². The largest absolute Gasteiger partial charge is 0.491 e. The van der Waals surface area contributed by atoms with E-state index in [0.29, 0.717) is 19.7 Å². The maximum atomic E-state index is 12.1. The Balaban J connectivity index is 1.23. The molecule has 0 radical (unpaired) electrons. The van der Waals surface area contributed by atoms with Gasteiger partial charge in [-0.15, -0.1) is 0 Å². The second-order valence-electron chi connectivity index (χ2n) is 6.56. The number of carbonyl (C=O) groups excluding carboxylic acids is 1. The van der Waals surface area contributed by atoms with E-state index in [1.807, 2.05) is 66.9 Å². The average molecular weight is 386 g/mol. The van der Waals surface area contributed by atoms with Crippen molar-refractivity contribution in [3.8, 4) is 11.4 Å². The van der Waals surface area contributed by atoms with Crippen molar-refractivity contribution in [3.63, 3.8) is 0 Å². The number of ether oxygens (including phenoxy) is 1. The van der Waals surface area contributed by atoms with E-state index in [0.717, 1.165) is 27.8 Å². The van der Waals surface area contributed by atoms with Crippen molar-refractivity contribution in [2.45, 2.75) is 6.54 Å². The van der Waals surface area contributed by atoms with Gasteiger partial charge in [-0.2, -0.15) is 5.10 Å². The summed E-state index contributed by atoms with van der Waals surface area (Å²) in [6.45, 7) is 1.25. The highest BCUT2D eigenvalue weighted by Gasteiger charge is 2.04. The molecule has 1 heterocycles. The van der Waals surface area contributed by atoms with Gasteiger partial charge < -0.3 is 15.4 Å². The third-order valence-corrected chi connectivity index (χ3v) is 4.53. The van der Waals surface area contributed by atoms with Crippen molar-refractivity contribution in [3.05, 3.63) is 90.8 Å². The Morgan fingerprint density at radius 1 is 0.966 bits per heavy atom. The molecule has 3 aromatic carbocycles. The van der Waals surface area contributed by atoms with Gasteiger partial charge in [0.25, 0.3) is 0 Å². The SMILES string of the molecule is O=C(NCCOc1cccc2ccccc12)NCc1cccc(-n2cccn2)c1. The molecule has 4 aromatic rings. The summed E-state index contributed by atoms with van der Waals surface area (Å²) in [5.41, 5.74) is 1.96. The summed E-state index contributed by atoms with van der Waals surface area (Å²) in [6.07, 6.45) is 3.62. The summed E-state index contributed by atoms with van der Waals surface area (Å²) in [6, 6.07) is 23.6. The predicted molar refractivity (Wildman–Crippen MR) is 113 cm³/mol. The number of nitrogens with zero attached hydrogens (tertiary/aromatic N) is 2. The highest BCUT2D eigenvalue weighted by atomic mass is 16.5. The van der Waals surface area contributed by atoms with Crippen LogP contribution in [0.5, 0.6) is 5.75 Å². The Kier molecular flexibility index (Phi) is 5.71. The Morgan fingerprint density at radius 2 is 1.83 bits per heavy atom. The number of fused-ring (bicyclic) bond motifs is 1. The van der Waals surface area contributed by atoms with Crippen LogP contribution in [0.1, 0.15) is 5.56 Å². The molecule has 0 saturated carbocycles. The molecule has 0 fully saturated rings. The summed E-state index contributed by atoms with van der Waals surface area (Å²) in [5.74, 6) is 0.820. The molecule has 0 saturated heterocycles. The zero-order valence-corrected chi connectivity index (χ0v) is 15.9. The molecule has 0 aliphatic carbocycles. The monoisotopic (exact) mass is 386 g/mol. The second-order valence-corrected chi connectivity index (χ2v) is 6.56. The Bertz CT molecular complexity index is 1090. The maximum Gasteiger partial charge on any atom is 0.315 e. The molecule has 0 unspecified atom stereocenters. The molecule has 6 heteroatoms. The smallest absolute Gasteiger partial charge is 0.315 e. The molecule has 0 aliphatic heterocycles. The van der Waals surface area contributed by atoms with Crippen LogP contribution >= 0.6 is 0 Å². The second kappa shape index (κ2) is 8.93. The van der Waals surface area contributed by atoms with Crippen LogP contribution in [0.2, 0.25) is 0 Å². The molecule has 6 nitrogen and oxygen atoms in total. The number of hydrogen-bond acceptors (Lipinski definition) is 3. The Labute approximate surface area is 169 Å². The summed E-state index contributed by atoms with van der Waals surface area (Å²) >= 11 is 0. The van der Waals surface area contributed by atoms with Gasteiger partial charge in [-0.1, -0.05) is 48.5 Å². The third kappa shape index (κ3) is 4.73. The Morgan fingerprint density at radius 3 is 2.72 bits per heavy atom. The lowest BCUT2D eigenvalue weighted by atomic mass is 10.1. The fourth-order valence-corrected chi connectivity index (χ4v) is 3.12. The number of hydrogen-bond donors (Lipinski definition) is 2. The van der Waals surface area contributed by atoms with Crippen LogP contribution in [-0.2, 0) is 6.54 Å². The van der Waals surface area contributed by atoms with E-state index in [4.69, 9.17) is 4.74 Å². The Hall–Kier alpha value is -3.80. The standard InChI is InChI=1S/C23H22N4O2/c28-23(25-17-18-6-3-9-20(16-18)27-14-5-12-26-27)24-13-15-29-22-11-4-8-19-7-1-2-10-21(19)22/h1-12,14,16H,13,15,17H2,(H2,24,25,28). The molecule has 0 aliphatic rings. The molecule has 4 rings (SSSR count). The lowest BCUT2D eigenvalue weighted by Crippen LogP contribution is -2.37. The fourth-order valence-electron chi connectivity index (χ4n) is 3.12. The van der Waals surface area contributed by atoms with Gasteiger partial charge in [-0.25, -0.2) is 9.48 Å². The number of benzene rings is 3. The minimum absolute atomic E-state index is 0.226. The molecular formula is C23H22N4O2. The maximum absolute atomic E-state index is 12.1. The first kappa shape index (κ1) is 18.6. The van der Waals surface area contributed by atoms with Crippen LogP contribution in [0.4, 0.5) is 4.79 Å². The molecule has 0 spiro atoms. The van der Waals surface area contributed by atoms with Crippen LogP contribution in [0.3, 0.4) is 0 Å². The first-order chi connectivity index (χ1) is 14.3. The van der Waals surface area contributed by atoms with Crippen molar-refractivity contribution in [2.24, 2.45) is 0 Å². The van der Waals surface area contributed by atoms with E-state index in [2.05, 4.69) is 27.9 Å². The number of rotatable bonds is 7. The van der Waals surface area contributed by atoms with Gasteiger partial charge in [0.15, 0.2) is 0 Å². The van der Waals surface area contributed by atoms with Crippen molar-refractivity contribution in [1.82, 2.24) is 20.4 Å². The fraction of sp³-hybridized carbons (Fsp3) is 0.130. The van der Waals surface area contributed by atoms with E-state index in [9.17, 15) is 4.79 Å². The quantitative estimate of drug-likeness (QED) is 0.473. The van der Waals surface area contributed by atoms with Crippen LogP contribution in [0, 0.1) is 0 Å².